The summed E-state index contributed by atoms with van der Waals surface area (Å²) in [6, 6.07) is 0. The molecule has 0 aliphatic rings. The Labute approximate surface area is 129 Å². The Morgan fingerprint density at radius 2 is 2.05 bits per heavy atom. The van der Waals surface area contributed by atoms with Gasteiger partial charge >= 0.3 is 0 Å². The van der Waals surface area contributed by atoms with Gasteiger partial charge in [-0.15, -0.1) is 0 Å². The van der Waals surface area contributed by atoms with Crippen LogP contribution in [0.4, 0.5) is 0 Å². The molecule has 0 aromatic carbocycles. The monoisotopic (exact) mass is 296 g/mol. The van der Waals surface area contributed by atoms with Crippen molar-refractivity contribution in [1.29, 1.82) is 0 Å². The highest BCUT2D eigenvalue weighted by molar-refractivity contribution is 4.95. The summed E-state index contributed by atoms with van der Waals surface area (Å²) in [5, 5.41) is 7.87. The van der Waals surface area contributed by atoms with Crippen molar-refractivity contribution in [2.24, 2.45) is 17.3 Å². The second-order valence-corrected chi connectivity index (χ2v) is 6.91. The molecule has 1 atom stereocenters. The van der Waals surface area contributed by atoms with Crippen LogP contribution in [-0.2, 0) is 17.7 Å². The maximum Gasteiger partial charge on any atom is 0.138 e. The van der Waals surface area contributed by atoms with E-state index in [0.717, 1.165) is 38.5 Å². The third-order valence-corrected chi connectivity index (χ3v) is 4.20. The molecule has 1 aromatic heterocycles. The predicted molar refractivity (Wildman–Crippen MR) is 86.3 cm³/mol. The molecule has 1 unspecified atom stereocenters. The summed E-state index contributed by atoms with van der Waals surface area (Å²) >= 11 is 0. The van der Waals surface area contributed by atoms with Crippen LogP contribution < -0.4 is 5.32 Å². The van der Waals surface area contributed by atoms with Gasteiger partial charge in [0.1, 0.15) is 12.2 Å². The van der Waals surface area contributed by atoms with E-state index in [1.807, 2.05) is 0 Å². The Morgan fingerprint density at radius 3 is 2.62 bits per heavy atom. The summed E-state index contributed by atoms with van der Waals surface area (Å²) in [4.78, 5) is 4.48. The molecule has 0 bridgehead atoms. The maximum absolute atomic E-state index is 5.10. The van der Waals surface area contributed by atoms with Crippen molar-refractivity contribution in [1.82, 2.24) is 20.1 Å². The van der Waals surface area contributed by atoms with Crippen molar-refractivity contribution in [3.05, 3.63) is 12.2 Å². The van der Waals surface area contributed by atoms with Crippen LogP contribution in [0.25, 0.3) is 0 Å². The summed E-state index contributed by atoms with van der Waals surface area (Å²) in [7, 11) is 1.73. The molecule has 0 spiro atoms. The molecule has 0 saturated carbocycles. The Morgan fingerprint density at radius 1 is 1.33 bits per heavy atom. The average molecular weight is 296 g/mol. The molecule has 1 N–H and O–H groups in total. The van der Waals surface area contributed by atoms with Crippen LogP contribution in [0.5, 0.6) is 0 Å². The molecular weight excluding hydrogens is 264 g/mol. The molecule has 0 fully saturated rings. The Bertz CT molecular complexity index is 403. The van der Waals surface area contributed by atoms with Gasteiger partial charge < -0.3 is 10.1 Å². The molecule has 21 heavy (non-hydrogen) atoms. The van der Waals surface area contributed by atoms with E-state index in [4.69, 9.17) is 4.74 Å². The van der Waals surface area contributed by atoms with Crippen molar-refractivity contribution in [2.45, 2.75) is 47.6 Å². The summed E-state index contributed by atoms with van der Waals surface area (Å²) < 4.78 is 7.15. The molecule has 0 aliphatic carbocycles. The molecular formula is C16H32N4O. The highest BCUT2D eigenvalue weighted by Crippen LogP contribution is 2.30. The van der Waals surface area contributed by atoms with Crippen LogP contribution in [0.3, 0.4) is 0 Å². The van der Waals surface area contributed by atoms with E-state index in [1.165, 1.54) is 0 Å². The fourth-order valence-corrected chi connectivity index (χ4v) is 2.30. The number of aromatic nitrogens is 3. The first-order valence-corrected chi connectivity index (χ1v) is 7.95. The van der Waals surface area contributed by atoms with Gasteiger partial charge in [0.05, 0.1) is 6.61 Å². The van der Waals surface area contributed by atoms with E-state index in [1.54, 1.807) is 13.4 Å². The van der Waals surface area contributed by atoms with Gasteiger partial charge in [0.2, 0.25) is 0 Å². The average Bonchev–Trinajstić information content (AvgIpc) is 2.81. The number of rotatable bonds is 10. The number of hydrogen-bond acceptors (Lipinski definition) is 4. The summed E-state index contributed by atoms with van der Waals surface area (Å²) in [5.74, 6) is 2.24. The summed E-state index contributed by atoms with van der Waals surface area (Å²) in [6.45, 7) is 14.8. The lowest BCUT2D eigenvalue weighted by molar-refractivity contribution is 0.172. The molecule has 5 nitrogen and oxygen atoms in total. The van der Waals surface area contributed by atoms with E-state index in [2.05, 4.69) is 54.7 Å². The standard InChI is InChI=1S/C16H32N4O/c1-13(2)10-20-15(18-12-19-20)9-16(5,14(3)4)11-17-7-8-21-6/h12-14,17H,7-11H2,1-6H3. The largest absolute Gasteiger partial charge is 0.383 e. The van der Waals surface area contributed by atoms with Crippen molar-refractivity contribution >= 4 is 0 Å². The van der Waals surface area contributed by atoms with Gasteiger partial charge in [0, 0.05) is 33.2 Å². The lowest BCUT2D eigenvalue weighted by Crippen LogP contribution is -2.39. The lowest BCUT2D eigenvalue weighted by atomic mass is 9.76. The zero-order chi connectivity index (χ0) is 15.9. The second-order valence-electron chi connectivity index (χ2n) is 6.91. The van der Waals surface area contributed by atoms with E-state index in [9.17, 15) is 0 Å². The first-order valence-electron chi connectivity index (χ1n) is 7.95. The van der Waals surface area contributed by atoms with Crippen molar-refractivity contribution in [3.63, 3.8) is 0 Å². The Balaban J connectivity index is 2.71. The maximum atomic E-state index is 5.10. The van der Waals surface area contributed by atoms with Crippen LogP contribution in [0.1, 0.15) is 40.4 Å². The number of nitrogens with one attached hydrogen (secondary N) is 1. The molecule has 1 heterocycles. The van der Waals surface area contributed by atoms with Crippen molar-refractivity contribution in [3.8, 4) is 0 Å². The van der Waals surface area contributed by atoms with Gasteiger partial charge in [-0.2, -0.15) is 5.10 Å². The Hall–Kier alpha value is -0.940. The van der Waals surface area contributed by atoms with Crippen LogP contribution in [0.15, 0.2) is 6.33 Å². The van der Waals surface area contributed by atoms with E-state index in [-0.39, 0.29) is 5.41 Å². The molecule has 0 amide bonds. The minimum Gasteiger partial charge on any atom is -0.383 e. The topological polar surface area (TPSA) is 52.0 Å². The zero-order valence-electron chi connectivity index (χ0n) is 14.5. The molecule has 0 radical (unpaired) electrons. The molecule has 5 heteroatoms. The van der Waals surface area contributed by atoms with E-state index < -0.39 is 0 Å². The normalized spacial score (nSPS) is 14.9. The minimum atomic E-state index is 0.162. The molecule has 0 aliphatic heterocycles. The third kappa shape index (κ3) is 5.75. The van der Waals surface area contributed by atoms with Crippen LogP contribution in [0.2, 0.25) is 0 Å². The molecule has 1 rings (SSSR count). The highest BCUT2D eigenvalue weighted by Gasteiger charge is 2.30. The number of hydrogen-bond donors (Lipinski definition) is 1. The first-order chi connectivity index (χ1) is 9.89. The lowest BCUT2D eigenvalue weighted by Gasteiger charge is -2.34. The van der Waals surface area contributed by atoms with Gasteiger partial charge in [-0.3, -0.25) is 0 Å². The quantitative estimate of drug-likeness (QED) is 0.674. The molecule has 0 saturated heterocycles. The predicted octanol–water partition coefficient (Wildman–Crippen LogP) is 2.37. The summed E-state index contributed by atoms with van der Waals surface area (Å²) in [5.41, 5.74) is 0.162. The van der Waals surface area contributed by atoms with Crippen LogP contribution in [0, 0.1) is 17.3 Å². The van der Waals surface area contributed by atoms with E-state index in [0.29, 0.717) is 11.8 Å². The molecule has 122 valence electrons. The second kappa shape index (κ2) is 8.49. The van der Waals surface area contributed by atoms with Gasteiger partial charge in [0.25, 0.3) is 0 Å². The minimum absolute atomic E-state index is 0.162. The highest BCUT2D eigenvalue weighted by atomic mass is 16.5. The third-order valence-electron chi connectivity index (χ3n) is 4.20. The smallest absolute Gasteiger partial charge is 0.138 e. The SMILES string of the molecule is COCCNCC(C)(Cc1ncnn1CC(C)C)C(C)C. The molecule has 1 aromatic rings. The van der Waals surface area contributed by atoms with Crippen LogP contribution >= 0.6 is 0 Å². The Kier molecular flexibility index (Phi) is 7.32. The van der Waals surface area contributed by atoms with Crippen molar-refractivity contribution < 1.29 is 4.74 Å². The van der Waals surface area contributed by atoms with Crippen LogP contribution in [-0.4, -0.2) is 41.6 Å². The van der Waals surface area contributed by atoms with Gasteiger partial charge in [-0.25, -0.2) is 9.67 Å². The number of nitrogens with zero attached hydrogens (tertiary/aromatic N) is 3. The van der Waals surface area contributed by atoms with E-state index >= 15 is 0 Å². The number of methoxy groups -OCH3 is 1. The summed E-state index contributed by atoms with van der Waals surface area (Å²) in [6.07, 6.45) is 2.62. The van der Waals surface area contributed by atoms with Gasteiger partial charge in [-0.05, 0) is 17.3 Å². The van der Waals surface area contributed by atoms with Crippen molar-refractivity contribution in [2.75, 3.05) is 26.8 Å². The van der Waals surface area contributed by atoms with Gasteiger partial charge in [-0.1, -0.05) is 34.6 Å². The fourth-order valence-electron chi connectivity index (χ4n) is 2.30. The fraction of sp³-hybridized carbons (Fsp3) is 0.875. The zero-order valence-corrected chi connectivity index (χ0v) is 14.5. The van der Waals surface area contributed by atoms with Gasteiger partial charge in [0.15, 0.2) is 0 Å². The first kappa shape index (κ1) is 18.1. The number of ether oxygens (including phenoxy) is 1.